The molecule has 1 aromatic heterocycles. The molecule has 304 valence electrons. The van der Waals surface area contributed by atoms with Crippen molar-refractivity contribution in [1.82, 2.24) is 20.1 Å². The highest BCUT2D eigenvalue weighted by atomic mass is 15.4. The summed E-state index contributed by atoms with van der Waals surface area (Å²) in [6.07, 6.45) is -0.172. The van der Waals surface area contributed by atoms with Crippen LogP contribution in [0.1, 0.15) is 35.2 Å². The molecule has 2 heterocycles. The van der Waals surface area contributed by atoms with Gasteiger partial charge in [0.1, 0.15) is 0 Å². The van der Waals surface area contributed by atoms with E-state index in [4.69, 9.17) is 0 Å². The van der Waals surface area contributed by atoms with Crippen LogP contribution in [-0.4, -0.2) is 16.5 Å². The van der Waals surface area contributed by atoms with E-state index >= 15 is 0 Å². The number of hydrogen-bond donors (Lipinski definition) is 2. The van der Waals surface area contributed by atoms with Crippen molar-refractivity contribution in [1.29, 1.82) is 0 Å². The summed E-state index contributed by atoms with van der Waals surface area (Å²) in [7, 11) is 2.23. The number of nitrogens with one attached hydrogen (secondary N) is 2. The Labute approximate surface area is 371 Å². The van der Waals surface area contributed by atoms with E-state index in [9.17, 15) is 0 Å². The van der Waals surface area contributed by atoms with Crippen molar-refractivity contribution in [2.75, 3.05) is 7.05 Å². The Hall–Kier alpha value is -7.60. The molecule has 1 aliphatic rings. The third-order valence-electron chi connectivity index (χ3n) is 13.9. The maximum Gasteiger partial charge on any atom is 0.0888 e. The summed E-state index contributed by atoms with van der Waals surface area (Å²) < 4.78 is 2.47. The van der Waals surface area contributed by atoms with Gasteiger partial charge in [-0.15, -0.1) is 0 Å². The molecule has 1 fully saturated rings. The number of aromatic nitrogens is 1. The lowest BCUT2D eigenvalue weighted by atomic mass is 9.88. The van der Waals surface area contributed by atoms with Crippen molar-refractivity contribution in [2.24, 2.45) is 0 Å². The molecule has 1 saturated heterocycles. The molecule has 13 rings (SSSR count). The Morgan fingerprint density at radius 2 is 0.906 bits per heavy atom. The van der Waals surface area contributed by atoms with Crippen molar-refractivity contribution >= 4 is 75.7 Å². The predicted octanol–water partition coefficient (Wildman–Crippen LogP) is 14.7. The summed E-state index contributed by atoms with van der Waals surface area (Å²) in [5, 5.41) is 23.2. The summed E-state index contributed by atoms with van der Waals surface area (Å²) in [4.78, 5) is 2.44. The fraction of sp³-hybridized carbons (Fsp3) is 0.0667. The first kappa shape index (κ1) is 37.0. The summed E-state index contributed by atoms with van der Waals surface area (Å²) in [6, 6.07) is 80.5. The van der Waals surface area contributed by atoms with Crippen molar-refractivity contribution < 1.29 is 0 Å². The monoisotopic (exact) mass is 820 g/mol. The first-order chi connectivity index (χ1) is 31.7. The number of benzene rings is 11. The molecule has 0 bridgehead atoms. The number of hydrogen-bond acceptors (Lipinski definition) is 3. The second kappa shape index (κ2) is 14.8. The average Bonchev–Trinajstić information content (AvgIpc) is 3.71. The number of nitrogens with zero attached hydrogens (tertiary/aromatic N) is 2. The zero-order valence-corrected chi connectivity index (χ0v) is 35.4. The van der Waals surface area contributed by atoms with Crippen LogP contribution in [0.15, 0.2) is 218 Å². The number of rotatable bonds is 5. The van der Waals surface area contributed by atoms with Gasteiger partial charge in [-0.2, -0.15) is 0 Å². The van der Waals surface area contributed by atoms with E-state index in [1.54, 1.807) is 0 Å². The fourth-order valence-electron chi connectivity index (χ4n) is 10.8. The van der Waals surface area contributed by atoms with Crippen LogP contribution in [-0.2, 0) is 0 Å². The summed E-state index contributed by atoms with van der Waals surface area (Å²) in [5.41, 5.74) is 9.75. The van der Waals surface area contributed by atoms with Gasteiger partial charge in [0.05, 0.1) is 29.5 Å². The second-order valence-corrected chi connectivity index (χ2v) is 17.4. The normalized spacial score (nSPS) is 17.1. The van der Waals surface area contributed by atoms with Gasteiger partial charge >= 0.3 is 0 Å². The van der Waals surface area contributed by atoms with Gasteiger partial charge in [0, 0.05) is 27.2 Å². The van der Waals surface area contributed by atoms with Crippen LogP contribution in [0.5, 0.6) is 0 Å². The van der Waals surface area contributed by atoms with Gasteiger partial charge < -0.3 is 4.57 Å². The average molecular weight is 821 g/mol. The minimum atomic E-state index is -0.0793. The van der Waals surface area contributed by atoms with Gasteiger partial charge in [0.25, 0.3) is 0 Å². The SMILES string of the molecule is CN1C(c2ccc(-c3cc4c5ccccc5c5c(c6ccccc6n5-c5ccccc5)c4c4ccccc34)cc2)NC(c2ccc3ccccc3c2)NC1c1ccc2ccccc2c1. The van der Waals surface area contributed by atoms with E-state index in [1.165, 1.54) is 109 Å². The Morgan fingerprint density at radius 3 is 1.62 bits per heavy atom. The maximum atomic E-state index is 4.03. The van der Waals surface area contributed by atoms with E-state index in [-0.39, 0.29) is 18.5 Å². The first-order valence-corrected chi connectivity index (χ1v) is 22.3. The van der Waals surface area contributed by atoms with Crippen molar-refractivity contribution in [3.05, 3.63) is 235 Å². The van der Waals surface area contributed by atoms with E-state index in [2.05, 4.69) is 246 Å². The largest absolute Gasteiger partial charge is 0.309 e. The third-order valence-corrected chi connectivity index (χ3v) is 13.9. The molecular weight excluding hydrogens is 777 g/mol. The number of fused-ring (bicyclic) bond motifs is 12. The summed E-state index contributed by atoms with van der Waals surface area (Å²) in [5.74, 6) is 0. The molecule has 0 spiro atoms. The fourth-order valence-corrected chi connectivity index (χ4v) is 10.8. The lowest BCUT2D eigenvalue weighted by Gasteiger charge is -2.45. The highest BCUT2D eigenvalue weighted by Gasteiger charge is 2.35. The van der Waals surface area contributed by atoms with Crippen LogP contribution in [0.2, 0.25) is 0 Å². The highest BCUT2D eigenvalue weighted by Crippen LogP contribution is 2.47. The standard InChI is InChI=1S/C60H44N4/c1-63-59(61-58(44-33-27-38-15-5-7-17-42(38)35-44)62-60(63)45-34-28-39-16-6-8-18-43(39)36-45)41-31-29-40(30-32-41)52-37-53-48-22-10-12-24-50(48)57-56(55(53)49-23-11-9-21-47(49)52)51-25-13-14-26-54(51)64(57)46-19-3-2-4-20-46/h2-37,58-62H,1H3. The van der Waals surface area contributed by atoms with Crippen LogP contribution in [0, 0.1) is 0 Å². The van der Waals surface area contributed by atoms with E-state index in [0.717, 1.165) is 0 Å². The smallest absolute Gasteiger partial charge is 0.0888 e. The molecule has 0 amide bonds. The zero-order valence-electron chi connectivity index (χ0n) is 35.4. The van der Waals surface area contributed by atoms with Gasteiger partial charge in [-0.05, 0) is 114 Å². The minimum absolute atomic E-state index is 0.0330. The molecule has 12 aromatic rings. The first-order valence-electron chi connectivity index (χ1n) is 22.3. The topological polar surface area (TPSA) is 32.2 Å². The molecule has 0 saturated carbocycles. The van der Waals surface area contributed by atoms with Gasteiger partial charge in [-0.1, -0.05) is 182 Å². The Morgan fingerprint density at radius 1 is 0.375 bits per heavy atom. The molecule has 0 aliphatic carbocycles. The molecule has 3 atom stereocenters. The Balaban J connectivity index is 0.965. The minimum Gasteiger partial charge on any atom is -0.309 e. The second-order valence-electron chi connectivity index (χ2n) is 17.4. The van der Waals surface area contributed by atoms with Gasteiger partial charge in [-0.25, -0.2) is 0 Å². The quantitative estimate of drug-likeness (QED) is 0.170. The van der Waals surface area contributed by atoms with E-state index in [0.29, 0.717) is 0 Å². The van der Waals surface area contributed by atoms with Crippen molar-refractivity contribution in [3.63, 3.8) is 0 Å². The molecular formula is C60H44N4. The third kappa shape index (κ3) is 5.81. The maximum absolute atomic E-state index is 4.03. The predicted molar refractivity (Wildman–Crippen MR) is 269 cm³/mol. The van der Waals surface area contributed by atoms with E-state index in [1.807, 2.05) is 0 Å². The molecule has 4 heteroatoms. The molecule has 3 unspecified atom stereocenters. The molecule has 0 radical (unpaired) electrons. The van der Waals surface area contributed by atoms with Crippen LogP contribution in [0.3, 0.4) is 0 Å². The van der Waals surface area contributed by atoms with E-state index < -0.39 is 0 Å². The Kier molecular flexibility index (Phi) is 8.53. The molecule has 11 aromatic carbocycles. The van der Waals surface area contributed by atoms with Crippen molar-refractivity contribution in [3.8, 4) is 16.8 Å². The van der Waals surface area contributed by atoms with Crippen LogP contribution < -0.4 is 10.6 Å². The van der Waals surface area contributed by atoms with Crippen LogP contribution in [0.25, 0.3) is 92.5 Å². The van der Waals surface area contributed by atoms with Gasteiger partial charge in [0.2, 0.25) is 0 Å². The van der Waals surface area contributed by atoms with Crippen LogP contribution >= 0.6 is 0 Å². The molecule has 1 aliphatic heterocycles. The van der Waals surface area contributed by atoms with Gasteiger partial charge in [-0.3, -0.25) is 15.5 Å². The lowest BCUT2D eigenvalue weighted by Crippen LogP contribution is -2.54. The van der Waals surface area contributed by atoms with Crippen LogP contribution in [0.4, 0.5) is 0 Å². The molecule has 4 nitrogen and oxygen atoms in total. The zero-order chi connectivity index (χ0) is 42.3. The molecule has 2 N–H and O–H groups in total. The lowest BCUT2D eigenvalue weighted by molar-refractivity contribution is 0.0417. The summed E-state index contributed by atoms with van der Waals surface area (Å²) >= 11 is 0. The molecule has 64 heavy (non-hydrogen) atoms. The highest BCUT2D eigenvalue weighted by molar-refractivity contribution is 6.38. The number of para-hydroxylation sites is 2. The van der Waals surface area contributed by atoms with Crippen molar-refractivity contribution in [2.45, 2.75) is 18.5 Å². The van der Waals surface area contributed by atoms with Gasteiger partial charge in [0.15, 0.2) is 0 Å². The Bertz CT molecular complexity index is 3780. The summed E-state index contributed by atoms with van der Waals surface area (Å²) in [6.45, 7) is 0.